The lowest BCUT2D eigenvalue weighted by Crippen LogP contribution is -2.29. The third kappa shape index (κ3) is 1.96. The summed E-state index contributed by atoms with van der Waals surface area (Å²) in [7, 11) is -4.50. The van der Waals surface area contributed by atoms with Crippen LogP contribution in [0.4, 0.5) is 0 Å². The fraction of sp³-hybridized carbons (Fsp3) is 0.714. The summed E-state index contributed by atoms with van der Waals surface area (Å²) in [5, 5.41) is 7.52. The van der Waals surface area contributed by atoms with Crippen LogP contribution in [0.3, 0.4) is 0 Å². The molecule has 0 saturated carbocycles. The molecule has 0 aliphatic heterocycles. The first kappa shape index (κ1) is 11.8. The lowest BCUT2D eigenvalue weighted by molar-refractivity contribution is 0.118. The highest BCUT2D eigenvalue weighted by molar-refractivity contribution is 7.53. The molecule has 0 radical (unpaired) electrons. The van der Waals surface area contributed by atoms with E-state index in [-0.39, 0.29) is 12.0 Å². The Balaban J connectivity index is 4.94. The Morgan fingerprint density at radius 3 is 2.00 bits per heavy atom. The van der Waals surface area contributed by atoms with Crippen molar-refractivity contribution in [2.75, 3.05) is 0 Å². The second-order valence-electron chi connectivity index (χ2n) is 2.67. The van der Waals surface area contributed by atoms with Crippen molar-refractivity contribution in [2.24, 2.45) is 0 Å². The quantitative estimate of drug-likeness (QED) is 0.464. The Morgan fingerprint density at radius 2 is 1.92 bits per heavy atom. The molecule has 0 aromatic rings. The highest BCUT2D eigenvalue weighted by atomic mass is 31.2. The molecule has 3 N–H and O–H groups in total. The Hall–Kier alpha value is -0.150. The predicted octanol–water partition coefficient (Wildman–Crippen LogP) is 1.23. The van der Waals surface area contributed by atoms with Gasteiger partial charge in [-0.1, -0.05) is 20.4 Å². The van der Waals surface area contributed by atoms with Crippen molar-refractivity contribution in [1.82, 2.24) is 0 Å². The molecule has 4 nitrogen and oxygen atoms in total. The van der Waals surface area contributed by atoms with Gasteiger partial charge in [-0.3, -0.25) is 4.57 Å². The summed E-state index contributed by atoms with van der Waals surface area (Å²) in [5.74, 6) is 0. The summed E-state index contributed by atoms with van der Waals surface area (Å²) in [6, 6.07) is 0. The van der Waals surface area contributed by atoms with E-state index in [1.54, 1.807) is 6.92 Å². The summed E-state index contributed by atoms with van der Waals surface area (Å²) in [4.78, 5) is 17.7. The van der Waals surface area contributed by atoms with Gasteiger partial charge in [-0.2, -0.15) is 0 Å². The largest absolute Gasteiger partial charge is 0.373 e. The molecule has 0 aliphatic rings. The minimum absolute atomic E-state index is 0.0239. The second-order valence-corrected chi connectivity index (χ2v) is 4.50. The SMILES string of the molecule is C=C(CC)C(O)(CC)P(=O)(O)O. The van der Waals surface area contributed by atoms with Crippen molar-refractivity contribution in [1.29, 1.82) is 0 Å². The van der Waals surface area contributed by atoms with Crippen LogP contribution in [0.2, 0.25) is 0 Å². The molecular weight excluding hydrogens is 179 g/mol. The van der Waals surface area contributed by atoms with Crippen LogP contribution in [0.5, 0.6) is 0 Å². The van der Waals surface area contributed by atoms with Crippen LogP contribution in [0.1, 0.15) is 26.7 Å². The van der Waals surface area contributed by atoms with Gasteiger partial charge in [0.05, 0.1) is 0 Å². The van der Waals surface area contributed by atoms with E-state index in [9.17, 15) is 9.67 Å². The van der Waals surface area contributed by atoms with Gasteiger partial charge in [-0.05, 0) is 18.4 Å². The highest BCUT2D eigenvalue weighted by Crippen LogP contribution is 2.54. The van der Waals surface area contributed by atoms with Crippen molar-refractivity contribution in [2.45, 2.75) is 32.0 Å². The predicted molar refractivity (Wildman–Crippen MR) is 46.7 cm³/mol. The molecule has 0 saturated heterocycles. The maximum absolute atomic E-state index is 10.9. The van der Waals surface area contributed by atoms with E-state index in [1.807, 2.05) is 0 Å². The van der Waals surface area contributed by atoms with Crippen LogP contribution >= 0.6 is 7.60 Å². The molecule has 5 heteroatoms. The maximum Gasteiger partial charge on any atom is 0.361 e. The first-order valence-corrected chi connectivity index (χ1v) is 5.37. The molecule has 0 fully saturated rings. The first-order valence-electron chi connectivity index (χ1n) is 3.75. The Bertz CT molecular complexity index is 219. The van der Waals surface area contributed by atoms with E-state index in [1.165, 1.54) is 6.92 Å². The minimum Gasteiger partial charge on any atom is -0.373 e. The molecule has 0 heterocycles. The van der Waals surface area contributed by atoms with Gasteiger partial charge in [-0.15, -0.1) is 0 Å². The van der Waals surface area contributed by atoms with E-state index in [0.717, 1.165) is 0 Å². The molecule has 0 rings (SSSR count). The zero-order chi connectivity index (χ0) is 9.99. The van der Waals surface area contributed by atoms with E-state index >= 15 is 0 Å². The Labute approximate surface area is 72.1 Å². The summed E-state index contributed by atoms with van der Waals surface area (Å²) in [5.41, 5.74) is 0.179. The summed E-state index contributed by atoms with van der Waals surface area (Å²) in [6.07, 6.45) is 0.333. The average Bonchev–Trinajstić information content (AvgIpc) is 1.99. The second kappa shape index (κ2) is 3.71. The van der Waals surface area contributed by atoms with Crippen LogP contribution in [-0.4, -0.2) is 20.2 Å². The smallest absolute Gasteiger partial charge is 0.361 e. The van der Waals surface area contributed by atoms with Crippen molar-refractivity contribution in [3.8, 4) is 0 Å². The van der Waals surface area contributed by atoms with Gasteiger partial charge in [0.2, 0.25) is 0 Å². The lowest BCUT2D eigenvalue weighted by atomic mass is 10.1. The van der Waals surface area contributed by atoms with Crippen LogP contribution in [-0.2, 0) is 4.57 Å². The van der Waals surface area contributed by atoms with Gasteiger partial charge in [0.25, 0.3) is 0 Å². The van der Waals surface area contributed by atoms with Crippen molar-refractivity contribution in [3.63, 3.8) is 0 Å². The topological polar surface area (TPSA) is 77.8 Å². The number of hydrogen-bond acceptors (Lipinski definition) is 2. The number of hydrogen-bond donors (Lipinski definition) is 3. The van der Waals surface area contributed by atoms with Crippen molar-refractivity contribution >= 4 is 7.60 Å². The normalized spacial score (nSPS) is 17.1. The highest BCUT2D eigenvalue weighted by Gasteiger charge is 2.45. The van der Waals surface area contributed by atoms with E-state index in [0.29, 0.717) is 6.42 Å². The monoisotopic (exact) mass is 194 g/mol. The summed E-state index contributed by atoms with van der Waals surface area (Å²) >= 11 is 0. The van der Waals surface area contributed by atoms with Gasteiger partial charge >= 0.3 is 7.60 Å². The van der Waals surface area contributed by atoms with Gasteiger partial charge in [-0.25, -0.2) is 0 Å². The number of rotatable bonds is 4. The molecular formula is C7H15O4P. The van der Waals surface area contributed by atoms with E-state index in [4.69, 9.17) is 9.79 Å². The van der Waals surface area contributed by atoms with Crippen LogP contribution in [0.25, 0.3) is 0 Å². The zero-order valence-corrected chi connectivity index (χ0v) is 8.21. The summed E-state index contributed by atoms with van der Waals surface area (Å²) < 4.78 is 10.9. The zero-order valence-electron chi connectivity index (χ0n) is 7.32. The van der Waals surface area contributed by atoms with Gasteiger partial charge in [0.1, 0.15) is 0 Å². The standard InChI is InChI=1S/C7H15O4P/c1-4-6(3)7(8,5-2)12(9,10)11/h8H,3-5H2,1-2H3,(H2,9,10,11). The van der Waals surface area contributed by atoms with Gasteiger partial charge in [0, 0.05) is 0 Å². The first-order chi connectivity index (χ1) is 5.29. The Kier molecular flexibility index (Phi) is 3.66. The molecule has 72 valence electrons. The maximum atomic E-state index is 10.9. The fourth-order valence-corrected chi connectivity index (χ4v) is 1.93. The summed E-state index contributed by atoms with van der Waals surface area (Å²) in [6.45, 7) is 6.65. The third-order valence-corrected chi connectivity index (χ3v) is 3.56. The molecule has 0 aromatic carbocycles. The van der Waals surface area contributed by atoms with E-state index in [2.05, 4.69) is 6.58 Å². The molecule has 1 unspecified atom stereocenters. The average molecular weight is 194 g/mol. The van der Waals surface area contributed by atoms with Crippen molar-refractivity contribution < 1.29 is 19.5 Å². The number of aliphatic hydroxyl groups is 1. The molecule has 0 aromatic heterocycles. The van der Waals surface area contributed by atoms with Crippen molar-refractivity contribution in [3.05, 3.63) is 12.2 Å². The molecule has 0 spiro atoms. The molecule has 1 atom stereocenters. The van der Waals surface area contributed by atoms with Crippen LogP contribution < -0.4 is 0 Å². The third-order valence-electron chi connectivity index (χ3n) is 1.97. The minimum atomic E-state index is -4.50. The lowest BCUT2D eigenvalue weighted by Gasteiger charge is -2.29. The molecule has 0 aliphatic carbocycles. The van der Waals surface area contributed by atoms with Crippen LogP contribution in [0, 0.1) is 0 Å². The van der Waals surface area contributed by atoms with Gasteiger partial charge < -0.3 is 14.9 Å². The Morgan fingerprint density at radius 1 is 1.50 bits per heavy atom. The van der Waals surface area contributed by atoms with E-state index < -0.39 is 12.9 Å². The molecule has 0 amide bonds. The molecule has 0 bridgehead atoms. The van der Waals surface area contributed by atoms with Gasteiger partial charge in [0.15, 0.2) is 5.34 Å². The molecule has 12 heavy (non-hydrogen) atoms. The fourth-order valence-electron chi connectivity index (χ4n) is 0.945. The van der Waals surface area contributed by atoms with Crippen LogP contribution in [0.15, 0.2) is 12.2 Å².